The molecule has 0 atom stereocenters. The second-order valence-electron chi connectivity index (χ2n) is 3.53. The van der Waals surface area contributed by atoms with Crippen LogP contribution in [0.15, 0.2) is 24.3 Å². The van der Waals surface area contributed by atoms with Crippen LogP contribution in [0.2, 0.25) is 0 Å². The summed E-state index contributed by atoms with van der Waals surface area (Å²) in [5, 5.41) is 5.05. The number of nitrogens with one attached hydrogen (secondary N) is 2. The van der Waals surface area contributed by atoms with E-state index in [0.29, 0.717) is 0 Å². The minimum Gasteiger partial charge on any atom is -0.325 e. The monoisotopic (exact) mass is 282 g/mol. The minimum atomic E-state index is -4.29. The largest absolute Gasteiger partial charge is 0.393 e. The van der Waals surface area contributed by atoms with Crippen LogP contribution in [-0.4, -0.2) is 25.7 Å². The lowest BCUT2D eigenvalue weighted by molar-refractivity contribution is -0.127. The fourth-order valence-electron chi connectivity index (χ4n) is 1.37. The van der Waals surface area contributed by atoms with Gasteiger partial charge in [0.1, 0.15) is 0 Å². The lowest BCUT2D eigenvalue weighted by Gasteiger charge is -2.12. The molecule has 0 spiro atoms. The summed E-state index contributed by atoms with van der Waals surface area (Å²) in [7, 11) is 1.58. The molecule has 0 aromatic heterocycles. The first kappa shape index (κ1) is 16.7. The maximum absolute atomic E-state index is 12.3. The van der Waals surface area contributed by atoms with Crippen molar-refractivity contribution in [1.29, 1.82) is 0 Å². The molecule has 18 heavy (non-hydrogen) atoms. The predicted molar refractivity (Wildman–Crippen MR) is 66.0 cm³/mol. The SMILES string of the molecule is CNCC(=O)Nc1ccccc1CC(F)(F)F.Cl. The van der Waals surface area contributed by atoms with Crippen molar-refractivity contribution < 1.29 is 18.0 Å². The Kier molecular flexibility index (Phi) is 6.72. The Morgan fingerprint density at radius 1 is 1.28 bits per heavy atom. The normalized spacial score (nSPS) is 10.7. The topological polar surface area (TPSA) is 41.1 Å². The Labute approximate surface area is 109 Å². The molecule has 0 heterocycles. The van der Waals surface area contributed by atoms with E-state index in [1.807, 2.05) is 0 Å². The molecule has 7 heteroatoms. The zero-order valence-electron chi connectivity index (χ0n) is 9.67. The van der Waals surface area contributed by atoms with Gasteiger partial charge in [0.15, 0.2) is 0 Å². The molecule has 3 nitrogen and oxygen atoms in total. The number of anilines is 1. The number of rotatable bonds is 4. The summed E-state index contributed by atoms with van der Waals surface area (Å²) >= 11 is 0. The molecule has 1 aromatic carbocycles. The predicted octanol–water partition coefficient (Wildman–Crippen LogP) is 2.37. The van der Waals surface area contributed by atoms with Gasteiger partial charge in [0.05, 0.1) is 13.0 Å². The Balaban J connectivity index is 0.00000289. The van der Waals surface area contributed by atoms with Crippen molar-refractivity contribution in [2.24, 2.45) is 0 Å². The van der Waals surface area contributed by atoms with Crippen LogP contribution in [0.3, 0.4) is 0 Å². The number of halogens is 4. The quantitative estimate of drug-likeness (QED) is 0.890. The number of alkyl halides is 3. The Hall–Kier alpha value is -1.27. The van der Waals surface area contributed by atoms with Gasteiger partial charge in [0.25, 0.3) is 0 Å². The van der Waals surface area contributed by atoms with Crippen molar-refractivity contribution in [2.45, 2.75) is 12.6 Å². The van der Waals surface area contributed by atoms with Crippen LogP contribution in [0.4, 0.5) is 18.9 Å². The van der Waals surface area contributed by atoms with Gasteiger partial charge in [0.2, 0.25) is 5.91 Å². The molecule has 2 N–H and O–H groups in total. The summed E-state index contributed by atoms with van der Waals surface area (Å²) < 4.78 is 36.8. The number of amides is 1. The Bertz CT molecular complexity index is 396. The van der Waals surface area contributed by atoms with E-state index in [1.54, 1.807) is 13.1 Å². The zero-order chi connectivity index (χ0) is 12.9. The van der Waals surface area contributed by atoms with Crippen molar-refractivity contribution >= 4 is 24.0 Å². The Morgan fingerprint density at radius 2 is 1.89 bits per heavy atom. The lowest BCUT2D eigenvalue weighted by atomic mass is 10.1. The van der Waals surface area contributed by atoms with Gasteiger partial charge in [-0.1, -0.05) is 18.2 Å². The van der Waals surface area contributed by atoms with E-state index in [4.69, 9.17) is 0 Å². The van der Waals surface area contributed by atoms with Crippen molar-refractivity contribution in [1.82, 2.24) is 5.32 Å². The molecule has 1 aromatic rings. The number of hydrogen-bond acceptors (Lipinski definition) is 2. The van der Waals surface area contributed by atoms with Crippen LogP contribution in [0, 0.1) is 0 Å². The maximum Gasteiger partial charge on any atom is 0.393 e. The van der Waals surface area contributed by atoms with Crippen molar-refractivity contribution in [3.8, 4) is 0 Å². The van der Waals surface area contributed by atoms with Gasteiger partial charge >= 0.3 is 6.18 Å². The number of carbonyl (C=O) groups excluding carboxylic acids is 1. The highest BCUT2D eigenvalue weighted by Crippen LogP contribution is 2.25. The number of benzene rings is 1. The average molecular weight is 283 g/mol. The van der Waals surface area contributed by atoms with Crippen LogP contribution in [0.5, 0.6) is 0 Å². The third-order valence-electron chi connectivity index (χ3n) is 2.02. The van der Waals surface area contributed by atoms with Gasteiger partial charge in [-0.15, -0.1) is 12.4 Å². The van der Waals surface area contributed by atoms with Crippen LogP contribution < -0.4 is 10.6 Å². The molecule has 102 valence electrons. The summed E-state index contributed by atoms with van der Waals surface area (Å²) in [4.78, 5) is 11.3. The number of carbonyl (C=O) groups is 1. The van der Waals surface area contributed by atoms with Crippen LogP contribution in [0.25, 0.3) is 0 Å². The third-order valence-corrected chi connectivity index (χ3v) is 2.02. The first-order valence-electron chi connectivity index (χ1n) is 5.01. The summed E-state index contributed by atoms with van der Waals surface area (Å²) in [6, 6.07) is 5.89. The van der Waals surface area contributed by atoms with E-state index in [1.165, 1.54) is 18.2 Å². The van der Waals surface area contributed by atoms with Gasteiger partial charge in [-0.2, -0.15) is 13.2 Å². The number of para-hydroxylation sites is 1. The summed E-state index contributed by atoms with van der Waals surface area (Å²) in [6.45, 7) is 0.0559. The van der Waals surface area contributed by atoms with Gasteiger partial charge in [0, 0.05) is 5.69 Å². The molecule has 0 saturated heterocycles. The molecule has 1 amide bonds. The maximum atomic E-state index is 12.3. The van der Waals surface area contributed by atoms with Crippen molar-refractivity contribution in [2.75, 3.05) is 18.9 Å². The minimum absolute atomic E-state index is 0. The second kappa shape index (κ2) is 7.23. The van der Waals surface area contributed by atoms with Crippen LogP contribution >= 0.6 is 12.4 Å². The first-order valence-corrected chi connectivity index (χ1v) is 5.01. The molecule has 0 aliphatic carbocycles. The molecule has 0 aliphatic heterocycles. The van der Waals surface area contributed by atoms with Crippen LogP contribution in [0.1, 0.15) is 5.56 Å². The average Bonchev–Trinajstić information content (AvgIpc) is 2.19. The number of likely N-dealkylation sites (N-methyl/N-ethyl adjacent to an activating group) is 1. The third kappa shape index (κ3) is 5.88. The molecule has 0 aliphatic rings. The Morgan fingerprint density at radius 3 is 2.44 bits per heavy atom. The molecule has 0 bridgehead atoms. The van der Waals surface area contributed by atoms with Crippen LogP contribution in [-0.2, 0) is 11.2 Å². The molecular weight excluding hydrogens is 269 g/mol. The molecule has 0 saturated carbocycles. The fourth-order valence-corrected chi connectivity index (χ4v) is 1.37. The summed E-state index contributed by atoms with van der Waals surface area (Å²) in [5.41, 5.74) is 0.259. The van der Waals surface area contributed by atoms with Crippen molar-refractivity contribution in [3.05, 3.63) is 29.8 Å². The molecule has 0 fully saturated rings. The summed E-state index contributed by atoms with van der Waals surface area (Å²) in [5.74, 6) is -0.373. The standard InChI is InChI=1S/C11H13F3N2O.ClH/c1-15-7-10(17)16-9-5-3-2-4-8(9)6-11(12,13)14;/h2-5,15H,6-7H2,1H3,(H,16,17);1H. The van der Waals surface area contributed by atoms with Gasteiger partial charge < -0.3 is 10.6 Å². The first-order chi connectivity index (χ1) is 7.92. The zero-order valence-corrected chi connectivity index (χ0v) is 10.5. The van der Waals surface area contributed by atoms with Gasteiger partial charge in [-0.25, -0.2) is 0 Å². The van der Waals surface area contributed by atoms with E-state index in [2.05, 4.69) is 10.6 Å². The van der Waals surface area contributed by atoms with Crippen molar-refractivity contribution in [3.63, 3.8) is 0 Å². The van der Waals surface area contributed by atoms with E-state index in [0.717, 1.165) is 0 Å². The second-order valence-corrected chi connectivity index (χ2v) is 3.53. The van der Waals surface area contributed by atoms with E-state index < -0.39 is 12.6 Å². The fraction of sp³-hybridized carbons (Fsp3) is 0.364. The molecular formula is C11H14ClF3N2O. The molecule has 0 unspecified atom stereocenters. The van der Waals surface area contributed by atoms with Gasteiger partial charge in [-0.05, 0) is 18.7 Å². The highest BCUT2D eigenvalue weighted by molar-refractivity contribution is 5.92. The van der Waals surface area contributed by atoms with Gasteiger partial charge in [-0.3, -0.25) is 4.79 Å². The van der Waals surface area contributed by atoms with E-state index in [-0.39, 0.29) is 36.1 Å². The molecule has 1 rings (SSSR count). The molecule has 0 radical (unpaired) electrons. The number of hydrogen-bond donors (Lipinski definition) is 2. The lowest BCUT2D eigenvalue weighted by Crippen LogP contribution is -2.26. The highest BCUT2D eigenvalue weighted by atomic mass is 35.5. The highest BCUT2D eigenvalue weighted by Gasteiger charge is 2.28. The smallest absolute Gasteiger partial charge is 0.325 e. The van der Waals surface area contributed by atoms with E-state index >= 15 is 0 Å². The van der Waals surface area contributed by atoms with E-state index in [9.17, 15) is 18.0 Å². The summed E-state index contributed by atoms with van der Waals surface area (Å²) in [6.07, 6.45) is -5.34.